The van der Waals surface area contributed by atoms with Gasteiger partial charge >= 0.3 is 11.4 Å². The Hall–Kier alpha value is -3.35. The largest absolute Gasteiger partial charge is 0.378 e. The maximum Gasteiger partial charge on any atom is 0.320 e. The van der Waals surface area contributed by atoms with Crippen LogP contribution in [0.15, 0.2) is 36.4 Å². The third-order valence-electron chi connectivity index (χ3n) is 12.7. The highest BCUT2D eigenvalue weighted by molar-refractivity contribution is 7.16. The first-order chi connectivity index (χ1) is 32.9. The zero-order valence-electron chi connectivity index (χ0n) is 41.2. The zero-order chi connectivity index (χ0) is 49.7. The molecule has 19 heteroatoms. The number of nitrogens with one attached hydrogen (secondary N) is 1. The number of rotatable bonds is 8. The number of hydrogen-bond donors (Lipinski definition) is 1. The Bertz CT molecular complexity index is 2300. The van der Waals surface area contributed by atoms with Crippen LogP contribution in [0.4, 0.5) is 9.59 Å². The van der Waals surface area contributed by atoms with Crippen LogP contribution in [-0.2, 0) is 35.2 Å². The van der Waals surface area contributed by atoms with E-state index in [4.69, 9.17) is 54.5 Å². The minimum absolute atomic E-state index is 0.00991. The van der Waals surface area contributed by atoms with Crippen LogP contribution in [0.25, 0.3) is 0 Å². The quantitative estimate of drug-likeness (QED) is 0.135. The highest BCUT2D eigenvalue weighted by Gasteiger charge is 2.32. The number of likely N-dealkylation sites (tertiary alicyclic amines) is 1. The molecule has 0 saturated carbocycles. The predicted octanol–water partition coefficient (Wildman–Crippen LogP) is 10.7. The van der Waals surface area contributed by atoms with E-state index in [0.717, 1.165) is 115 Å². The summed E-state index contributed by atoms with van der Waals surface area (Å²) < 4.78 is 15.3. The molecule has 4 aromatic rings. The summed E-state index contributed by atoms with van der Waals surface area (Å²) in [5.74, 6) is 0.755. The molecule has 4 aromatic heterocycles. The standard InChI is InChI=1S/C25H35ClN4O3S.C20H28ClN3OS.C5H8ClNO2/c1-25(2,3)23(31)30-19(6-7-20-8-9-22(26)34-20)17-21(27-30)18-5-4-11-28(12-10-18)24(32)29-13-15-33-16-14-29;1-20(2,3)19(25)24-15(6-7-16-8-9-18(21)26-16)13-17(23-24)14-5-4-11-22-12-10-14;6-5(8)7-1-3-9-4-2-7/h8-9,17-18H,4-7,10-16H2,1-3H3;8-9,13-14,22H,4-7,10-12H2,1-3H3;1-4H2. The van der Waals surface area contributed by atoms with E-state index in [-0.39, 0.29) is 29.1 Å². The Morgan fingerprint density at radius 3 is 1.52 bits per heavy atom. The van der Waals surface area contributed by atoms with E-state index in [9.17, 15) is 19.2 Å². The van der Waals surface area contributed by atoms with Gasteiger partial charge in [-0.2, -0.15) is 10.2 Å². The fourth-order valence-corrected chi connectivity index (χ4v) is 11.0. The first kappa shape index (κ1) is 55.0. The SMILES string of the molecule is CC(C)(C)C(=O)n1nc(C2CCCN(C(=O)N3CCOCC3)CC2)cc1CCc1ccc(Cl)s1.CC(C)(C)C(=O)n1nc(C2CCCNCC2)cc1CCc1ccc(Cl)s1.O=C(Cl)N1CCOCC1. The van der Waals surface area contributed by atoms with Crippen LogP contribution in [0, 0.1) is 10.8 Å². The minimum Gasteiger partial charge on any atom is -0.378 e. The van der Waals surface area contributed by atoms with Gasteiger partial charge in [0.05, 0.1) is 46.5 Å². The summed E-state index contributed by atoms with van der Waals surface area (Å²) in [5, 5.41) is 12.7. The second-order valence-corrected chi connectivity index (χ2v) is 24.1. The average Bonchev–Trinajstić information content (AvgIpc) is 4.07. The van der Waals surface area contributed by atoms with Gasteiger partial charge in [0.15, 0.2) is 0 Å². The molecule has 0 spiro atoms. The predicted molar refractivity (Wildman–Crippen MR) is 277 cm³/mol. The van der Waals surface area contributed by atoms with Gasteiger partial charge in [0.2, 0.25) is 0 Å². The van der Waals surface area contributed by atoms with Gasteiger partial charge in [0.25, 0.3) is 11.8 Å². The average molecular weight is 1050 g/mol. The lowest BCUT2D eigenvalue weighted by molar-refractivity contribution is 0.0435. The van der Waals surface area contributed by atoms with Crippen LogP contribution in [0.2, 0.25) is 8.67 Å². The summed E-state index contributed by atoms with van der Waals surface area (Å²) in [6.45, 7) is 20.3. The molecule has 3 amide bonds. The van der Waals surface area contributed by atoms with Gasteiger partial charge in [0, 0.05) is 83.1 Å². The molecule has 1 N–H and O–H groups in total. The third kappa shape index (κ3) is 16.3. The fraction of sp³-hybridized carbons (Fsp3) is 0.640. The molecule has 14 nitrogen and oxygen atoms in total. The van der Waals surface area contributed by atoms with Crippen molar-refractivity contribution in [1.82, 2.24) is 39.6 Å². The number of carbonyl (C=O) groups excluding carboxylic acids is 4. The second-order valence-electron chi connectivity index (χ2n) is 20.2. The summed E-state index contributed by atoms with van der Waals surface area (Å²) >= 11 is 20.5. The van der Waals surface area contributed by atoms with Gasteiger partial charge in [-0.15, -0.1) is 22.7 Å². The van der Waals surface area contributed by atoms with Crippen molar-refractivity contribution in [2.75, 3.05) is 78.8 Å². The lowest BCUT2D eigenvalue weighted by Crippen LogP contribution is -2.48. The van der Waals surface area contributed by atoms with Gasteiger partial charge in [-0.05, 0) is 125 Å². The number of aryl methyl sites for hydroxylation is 4. The molecular formula is C50H71Cl3N8O6S2. The summed E-state index contributed by atoms with van der Waals surface area (Å²) in [6, 6.07) is 12.4. The molecule has 0 radical (unpaired) electrons. The minimum atomic E-state index is -0.519. The number of halogens is 3. The van der Waals surface area contributed by atoms with Gasteiger partial charge in [0.1, 0.15) is 0 Å². The molecule has 0 aromatic carbocycles. The number of thiophene rings is 2. The highest BCUT2D eigenvalue weighted by Crippen LogP contribution is 2.32. The Labute approximate surface area is 431 Å². The Kier molecular flexibility index (Phi) is 20.6. The summed E-state index contributed by atoms with van der Waals surface area (Å²) in [5.41, 5.74) is 3.04. The third-order valence-corrected chi connectivity index (χ3v) is 15.6. The van der Waals surface area contributed by atoms with Crippen LogP contribution in [-0.4, -0.2) is 136 Å². The van der Waals surface area contributed by atoms with Crippen molar-refractivity contribution in [3.8, 4) is 0 Å². The van der Waals surface area contributed by atoms with Gasteiger partial charge in [-0.3, -0.25) is 14.4 Å². The topological polar surface area (TPSA) is 144 Å². The fourth-order valence-electron chi connectivity index (χ4n) is 8.69. The molecule has 8 heterocycles. The van der Waals surface area contributed by atoms with Crippen molar-refractivity contribution in [3.63, 3.8) is 0 Å². The van der Waals surface area contributed by atoms with Crippen LogP contribution in [0.1, 0.15) is 134 Å². The molecule has 8 rings (SSSR count). The van der Waals surface area contributed by atoms with E-state index < -0.39 is 10.8 Å². The van der Waals surface area contributed by atoms with Crippen molar-refractivity contribution >= 4 is 80.7 Å². The molecule has 4 saturated heterocycles. The van der Waals surface area contributed by atoms with Crippen LogP contribution in [0.3, 0.4) is 0 Å². The molecule has 0 bridgehead atoms. The van der Waals surface area contributed by atoms with Crippen LogP contribution < -0.4 is 5.32 Å². The van der Waals surface area contributed by atoms with Crippen LogP contribution in [0.5, 0.6) is 0 Å². The number of ether oxygens (including phenoxy) is 2. The van der Waals surface area contributed by atoms with Crippen molar-refractivity contribution in [2.45, 2.75) is 118 Å². The molecular weight excluding hydrogens is 979 g/mol. The number of carbonyl (C=O) groups is 4. The molecule has 69 heavy (non-hydrogen) atoms. The Balaban J connectivity index is 0.000000196. The monoisotopic (exact) mass is 1050 g/mol. The molecule has 4 aliphatic heterocycles. The number of nitrogens with zero attached hydrogens (tertiary/aromatic N) is 7. The first-order valence-corrected chi connectivity index (χ1v) is 27.2. The smallest absolute Gasteiger partial charge is 0.320 e. The first-order valence-electron chi connectivity index (χ1n) is 24.5. The number of amides is 3. The maximum atomic E-state index is 13.2. The molecule has 0 aliphatic carbocycles. The van der Waals surface area contributed by atoms with E-state index in [0.29, 0.717) is 65.1 Å². The Morgan fingerprint density at radius 2 is 1.07 bits per heavy atom. The van der Waals surface area contributed by atoms with Crippen molar-refractivity contribution in [1.29, 1.82) is 0 Å². The molecule has 2 unspecified atom stereocenters. The maximum absolute atomic E-state index is 13.2. The van der Waals surface area contributed by atoms with Gasteiger partial charge in [-0.25, -0.2) is 14.2 Å². The molecule has 4 fully saturated rings. The molecule has 2 atom stereocenters. The van der Waals surface area contributed by atoms with Crippen molar-refractivity contribution in [2.24, 2.45) is 10.8 Å². The lowest BCUT2D eigenvalue weighted by atomic mass is 9.95. The van der Waals surface area contributed by atoms with Gasteiger partial charge in [-0.1, -0.05) is 64.7 Å². The highest BCUT2D eigenvalue weighted by atomic mass is 35.5. The summed E-state index contributed by atoms with van der Waals surface area (Å²) in [4.78, 5) is 57.4. The summed E-state index contributed by atoms with van der Waals surface area (Å²) in [6.07, 6.45) is 9.38. The normalized spacial score (nSPS) is 19.4. The van der Waals surface area contributed by atoms with E-state index in [1.54, 1.807) is 36.9 Å². The van der Waals surface area contributed by atoms with E-state index in [1.807, 2.05) is 69.5 Å². The van der Waals surface area contributed by atoms with Crippen molar-refractivity contribution in [3.05, 3.63) is 77.6 Å². The number of hydrogen-bond acceptors (Lipinski definition) is 11. The van der Waals surface area contributed by atoms with Gasteiger partial charge < -0.3 is 29.5 Å². The van der Waals surface area contributed by atoms with Crippen LogP contribution >= 0.6 is 57.5 Å². The number of morpholine rings is 2. The number of urea groups is 1. The zero-order valence-corrected chi connectivity index (χ0v) is 45.1. The van der Waals surface area contributed by atoms with E-state index >= 15 is 0 Å². The second kappa shape index (κ2) is 25.9. The molecule has 4 aliphatic rings. The number of aromatic nitrogens is 4. The Morgan fingerprint density at radius 1 is 0.609 bits per heavy atom. The van der Waals surface area contributed by atoms with E-state index in [1.165, 1.54) is 9.75 Å². The molecule has 380 valence electrons. The summed E-state index contributed by atoms with van der Waals surface area (Å²) in [7, 11) is 0. The lowest BCUT2D eigenvalue weighted by Gasteiger charge is -2.32. The van der Waals surface area contributed by atoms with Crippen molar-refractivity contribution < 1.29 is 28.7 Å². The van der Waals surface area contributed by atoms with E-state index in [2.05, 4.69) is 23.5 Å².